The first kappa shape index (κ1) is 24.4. The average Bonchev–Trinajstić information content (AvgIpc) is 2.80. The monoisotopic (exact) mass is 488 g/mol. The minimum atomic E-state index is -3.57. The van der Waals surface area contributed by atoms with Gasteiger partial charge in [0.25, 0.3) is 5.91 Å². The van der Waals surface area contributed by atoms with Gasteiger partial charge in [-0.15, -0.1) is 0 Å². The zero-order chi connectivity index (χ0) is 23.8. The summed E-state index contributed by atoms with van der Waals surface area (Å²) in [6.07, 6.45) is 1.13. The molecule has 174 valence electrons. The molecule has 0 spiro atoms. The molecule has 1 N–H and O–H groups in total. The van der Waals surface area contributed by atoms with Crippen molar-refractivity contribution in [1.29, 1.82) is 0 Å². The molecule has 9 heteroatoms. The van der Waals surface area contributed by atoms with E-state index < -0.39 is 10.0 Å². The van der Waals surface area contributed by atoms with Gasteiger partial charge < -0.3 is 14.8 Å². The predicted octanol–water partition coefficient (Wildman–Crippen LogP) is 4.12. The van der Waals surface area contributed by atoms with Crippen molar-refractivity contribution in [2.24, 2.45) is 0 Å². The van der Waals surface area contributed by atoms with E-state index in [-0.39, 0.29) is 19.1 Å². The number of amides is 1. The zero-order valence-corrected chi connectivity index (χ0v) is 19.9. The predicted molar refractivity (Wildman–Crippen MR) is 130 cm³/mol. The van der Waals surface area contributed by atoms with Gasteiger partial charge >= 0.3 is 0 Å². The smallest absolute Gasteiger partial charge is 0.251 e. The summed E-state index contributed by atoms with van der Waals surface area (Å²) in [4.78, 5) is 12.4. The van der Waals surface area contributed by atoms with E-state index in [9.17, 15) is 13.2 Å². The van der Waals surface area contributed by atoms with Gasteiger partial charge in [-0.25, -0.2) is 8.42 Å². The molecular weight excluding hydrogens is 464 g/mol. The second-order valence-electron chi connectivity index (χ2n) is 7.19. The molecule has 0 bridgehead atoms. The molecular formula is C24H25ClN2O5S. The molecule has 0 aromatic heterocycles. The molecule has 0 unspecified atom stereocenters. The number of anilines is 1. The molecule has 0 heterocycles. The number of sulfonamides is 1. The van der Waals surface area contributed by atoms with E-state index in [1.54, 1.807) is 67.8 Å². The number of carbonyl (C=O) groups excluding carboxylic acids is 1. The minimum absolute atomic E-state index is 0.0889. The van der Waals surface area contributed by atoms with Crippen molar-refractivity contribution in [1.82, 2.24) is 5.32 Å². The summed E-state index contributed by atoms with van der Waals surface area (Å²) in [6.45, 7) is 0.683. The molecule has 0 aliphatic heterocycles. The number of methoxy groups -OCH3 is 1. The molecule has 1 amide bonds. The Kier molecular flexibility index (Phi) is 8.19. The standard InChI is InChI=1S/C24H25ClN2O5S/c1-31-21-7-5-8-22(16-21)32-15-14-26-24(28)18-10-12-20(13-11-18)27(33(2,29)30)17-19-6-3-4-9-23(19)25/h3-13,16H,14-15,17H2,1-2H3,(H,26,28). The lowest BCUT2D eigenvalue weighted by Crippen LogP contribution is -2.30. The molecule has 0 fully saturated rings. The maximum Gasteiger partial charge on any atom is 0.251 e. The van der Waals surface area contributed by atoms with Crippen molar-refractivity contribution in [3.63, 3.8) is 0 Å². The molecule has 0 radical (unpaired) electrons. The Morgan fingerprint density at radius 3 is 2.36 bits per heavy atom. The number of benzene rings is 3. The minimum Gasteiger partial charge on any atom is -0.497 e. The van der Waals surface area contributed by atoms with E-state index in [4.69, 9.17) is 21.1 Å². The summed E-state index contributed by atoms with van der Waals surface area (Å²) in [6, 6.07) is 20.6. The van der Waals surface area contributed by atoms with Crippen LogP contribution in [0.4, 0.5) is 5.69 Å². The number of rotatable bonds is 10. The average molecular weight is 489 g/mol. The summed E-state index contributed by atoms with van der Waals surface area (Å²) in [7, 11) is -1.99. The second-order valence-corrected chi connectivity index (χ2v) is 9.51. The van der Waals surface area contributed by atoms with Gasteiger partial charge in [0.05, 0.1) is 32.1 Å². The second kappa shape index (κ2) is 11.1. The largest absolute Gasteiger partial charge is 0.497 e. The molecule has 33 heavy (non-hydrogen) atoms. The topological polar surface area (TPSA) is 84.9 Å². The maximum atomic E-state index is 12.4. The van der Waals surface area contributed by atoms with Crippen molar-refractivity contribution in [3.8, 4) is 11.5 Å². The molecule has 3 rings (SSSR count). The van der Waals surface area contributed by atoms with Crippen LogP contribution in [-0.4, -0.2) is 40.8 Å². The van der Waals surface area contributed by atoms with Crippen LogP contribution in [0.5, 0.6) is 11.5 Å². The van der Waals surface area contributed by atoms with E-state index in [1.165, 1.54) is 4.31 Å². The first-order valence-corrected chi connectivity index (χ1v) is 12.4. The van der Waals surface area contributed by atoms with Gasteiger partial charge in [-0.3, -0.25) is 9.10 Å². The van der Waals surface area contributed by atoms with Gasteiger partial charge in [-0.2, -0.15) is 0 Å². The number of hydrogen-bond donors (Lipinski definition) is 1. The highest BCUT2D eigenvalue weighted by molar-refractivity contribution is 7.92. The zero-order valence-electron chi connectivity index (χ0n) is 18.3. The van der Waals surface area contributed by atoms with Crippen molar-refractivity contribution >= 4 is 33.2 Å². The van der Waals surface area contributed by atoms with Gasteiger partial charge in [0.1, 0.15) is 18.1 Å². The fourth-order valence-electron chi connectivity index (χ4n) is 3.09. The number of carbonyl (C=O) groups is 1. The summed E-state index contributed by atoms with van der Waals surface area (Å²) in [5, 5.41) is 3.26. The Balaban J connectivity index is 1.60. The van der Waals surface area contributed by atoms with Gasteiger partial charge in [0, 0.05) is 16.7 Å². The van der Waals surface area contributed by atoms with Crippen LogP contribution in [-0.2, 0) is 16.6 Å². The van der Waals surface area contributed by atoms with Crippen LogP contribution in [0, 0.1) is 0 Å². The molecule has 0 aliphatic rings. The molecule has 7 nitrogen and oxygen atoms in total. The summed E-state index contributed by atoms with van der Waals surface area (Å²) in [5.41, 5.74) is 1.53. The van der Waals surface area contributed by atoms with Crippen LogP contribution in [0.1, 0.15) is 15.9 Å². The lowest BCUT2D eigenvalue weighted by atomic mass is 10.1. The third-order valence-electron chi connectivity index (χ3n) is 4.79. The van der Waals surface area contributed by atoms with Gasteiger partial charge in [0.2, 0.25) is 10.0 Å². The quantitative estimate of drug-likeness (QED) is 0.434. The summed E-state index contributed by atoms with van der Waals surface area (Å²) < 4.78 is 36.8. The van der Waals surface area contributed by atoms with E-state index in [0.717, 1.165) is 6.26 Å². The fourth-order valence-corrected chi connectivity index (χ4v) is 4.16. The summed E-state index contributed by atoms with van der Waals surface area (Å²) in [5.74, 6) is 1.05. The third kappa shape index (κ3) is 6.87. The first-order valence-electron chi connectivity index (χ1n) is 10.1. The van der Waals surface area contributed by atoms with Gasteiger partial charge in [0.15, 0.2) is 0 Å². The fraction of sp³-hybridized carbons (Fsp3) is 0.208. The number of nitrogens with one attached hydrogen (secondary N) is 1. The highest BCUT2D eigenvalue weighted by atomic mass is 35.5. The summed E-state index contributed by atoms with van der Waals surface area (Å²) >= 11 is 6.20. The SMILES string of the molecule is COc1cccc(OCCNC(=O)c2ccc(N(Cc3ccccc3Cl)S(C)(=O)=O)cc2)c1. The van der Waals surface area contributed by atoms with Crippen LogP contribution in [0.3, 0.4) is 0 Å². The van der Waals surface area contributed by atoms with E-state index in [2.05, 4.69) is 5.32 Å². The van der Waals surface area contributed by atoms with Gasteiger partial charge in [-0.05, 0) is 48.0 Å². The van der Waals surface area contributed by atoms with E-state index in [1.807, 2.05) is 12.1 Å². The molecule has 0 saturated heterocycles. The highest BCUT2D eigenvalue weighted by Gasteiger charge is 2.19. The normalized spacial score (nSPS) is 11.0. The van der Waals surface area contributed by atoms with Crippen LogP contribution >= 0.6 is 11.6 Å². The number of nitrogens with zero attached hydrogens (tertiary/aromatic N) is 1. The highest BCUT2D eigenvalue weighted by Crippen LogP contribution is 2.24. The van der Waals surface area contributed by atoms with Crippen LogP contribution in [0.25, 0.3) is 0 Å². The molecule has 3 aromatic rings. The maximum absolute atomic E-state index is 12.4. The van der Waals surface area contributed by atoms with Gasteiger partial charge in [-0.1, -0.05) is 35.9 Å². The number of hydrogen-bond acceptors (Lipinski definition) is 5. The molecule has 0 aliphatic carbocycles. The van der Waals surface area contributed by atoms with Crippen LogP contribution < -0.4 is 19.1 Å². The van der Waals surface area contributed by atoms with Crippen LogP contribution in [0.2, 0.25) is 5.02 Å². The van der Waals surface area contributed by atoms with Crippen molar-refractivity contribution in [3.05, 3.63) is 88.9 Å². The van der Waals surface area contributed by atoms with Crippen molar-refractivity contribution in [2.75, 3.05) is 30.8 Å². The van der Waals surface area contributed by atoms with E-state index >= 15 is 0 Å². The Morgan fingerprint density at radius 2 is 1.70 bits per heavy atom. The van der Waals surface area contributed by atoms with E-state index in [0.29, 0.717) is 39.9 Å². The van der Waals surface area contributed by atoms with Crippen LogP contribution in [0.15, 0.2) is 72.8 Å². The Labute approximate surface area is 198 Å². The molecule has 3 aromatic carbocycles. The van der Waals surface area contributed by atoms with Crippen molar-refractivity contribution in [2.45, 2.75) is 6.54 Å². The lowest BCUT2D eigenvalue weighted by molar-refractivity contribution is 0.0947. The molecule has 0 saturated carbocycles. The third-order valence-corrected chi connectivity index (χ3v) is 6.30. The lowest BCUT2D eigenvalue weighted by Gasteiger charge is -2.23. The Morgan fingerprint density at radius 1 is 1.00 bits per heavy atom. The Hall–Kier alpha value is -3.23. The molecule has 0 atom stereocenters. The number of halogens is 1. The van der Waals surface area contributed by atoms with Crippen molar-refractivity contribution < 1.29 is 22.7 Å². The Bertz CT molecular complexity index is 1200. The first-order chi connectivity index (χ1) is 15.8. The number of ether oxygens (including phenoxy) is 2.